The van der Waals surface area contributed by atoms with Gasteiger partial charge in [0.05, 0.1) is 17.5 Å². The zero-order chi connectivity index (χ0) is 19.4. The van der Waals surface area contributed by atoms with Crippen LogP contribution < -0.4 is 16.2 Å². The third kappa shape index (κ3) is 4.03. The number of hydrogen-bond acceptors (Lipinski definition) is 4. The van der Waals surface area contributed by atoms with Crippen molar-refractivity contribution in [2.45, 2.75) is 13.3 Å². The number of nitrogens with zero attached hydrogens (tertiary/aromatic N) is 2. The van der Waals surface area contributed by atoms with Gasteiger partial charge in [-0.15, -0.1) is 0 Å². The smallest absolute Gasteiger partial charge is 0.274 e. The monoisotopic (exact) mass is 364 g/mol. The molecule has 0 fully saturated rings. The average molecular weight is 364 g/mol. The van der Waals surface area contributed by atoms with E-state index in [0.717, 1.165) is 0 Å². The van der Waals surface area contributed by atoms with E-state index in [1.54, 1.807) is 49.5 Å². The molecule has 3 aromatic rings. The molecule has 138 valence electrons. The number of fused-ring (bicyclic) bond motifs is 1. The average Bonchev–Trinajstić information content (AvgIpc) is 2.66. The normalized spacial score (nSPS) is 10.6. The maximum Gasteiger partial charge on any atom is 0.274 e. The molecule has 7 heteroatoms. The van der Waals surface area contributed by atoms with Crippen molar-refractivity contribution in [3.63, 3.8) is 0 Å². The van der Waals surface area contributed by atoms with E-state index in [2.05, 4.69) is 15.7 Å². The zero-order valence-electron chi connectivity index (χ0n) is 15.2. The van der Waals surface area contributed by atoms with E-state index in [4.69, 9.17) is 0 Å². The minimum Gasteiger partial charge on any atom is -0.352 e. The number of aromatic nitrogens is 2. The van der Waals surface area contributed by atoms with Crippen molar-refractivity contribution in [1.82, 2.24) is 15.1 Å². The van der Waals surface area contributed by atoms with Gasteiger partial charge >= 0.3 is 0 Å². The summed E-state index contributed by atoms with van der Waals surface area (Å²) in [6, 6.07) is 13.8. The summed E-state index contributed by atoms with van der Waals surface area (Å²) in [7, 11) is 1.57. The number of amides is 2. The van der Waals surface area contributed by atoms with Gasteiger partial charge in [-0.2, -0.15) is 5.10 Å². The standard InChI is InChI=1S/C20H20N4O3/c1-3-21-19(26)13-8-10-14(11-9-13)22-18(25)12-17-15-6-4-5-7-16(15)20(27)24(2)23-17/h4-11H,3,12H2,1-2H3,(H,21,26)(H,22,25). The van der Waals surface area contributed by atoms with Crippen molar-refractivity contribution < 1.29 is 9.59 Å². The molecule has 0 spiro atoms. The lowest BCUT2D eigenvalue weighted by Crippen LogP contribution is -2.24. The lowest BCUT2D eigenvalue weighted by molar-refractivity contribution is -0.115. The van der Waals surface area contributed by atoms with Crippen molar-refractivity contribution in [2.24, 2.45) is 7.05 Å². The molecule has 0 atom stereocenters. The number of aryl methyl sites for hydroxylation is 1. The Bertz CT molecular complexity index is 1060. The van der Waals surface area contributed by atoms with Gasteiger partial charge in [0.2, 0.25) is 5.91 Å². The van der Waals surface area contributed by atoms with E-state index < -0.39 is 0 Å². The van der Waals surface area contributed by atoms with Gasteiger partial charge in [0, 0.05) is 30.2 Å². The van der Waals surface area contributed by atoms with Crippen LogP contribution in [0.2, 0.25) is 0 Å². The van der Waals surface area contributed by atoms with E-state index in [1.807, 2.05) is 13.0 Å². The van der Waals surface area contributed by atoms with Gasteiger partial charge < -0.3 is 10.6 Å². The number of hydrogen-bond donors (Lipinski definition) is 2. The Kier molecular flexibility index (Phi) is 5.30. The Morgan fingerprint density at radius 1 is 1.04 bits per heavy atom. The van der Waals surface area contributed by atoms with Crippen molar-refractivity contribution in [3.8, 4) is 0 Å². The summed E-state index contributed by atoms with van der Waals surface area (Å²) in [5, 5.41) is 10.9. The van der Waals surface area contributed by atoms with Crippen LogP contribution >= 0.6 is 0 Å². The second-order valence-corrected chi connectivity index (χ2v) is 6.08. The highest BCUT2D eigenvalue weighted by atomic mass is 16.2. The minimum atomic E-state index is -0.253. The number of carbonyl (C=O) groups excluding carboxylic acids is 2. The number of carbonyl (C=O) groups is 2. The molecule has 27 heavy (non-hydrogen) atoms. The molecule has 7 nitrogen and oxygen atoms in total. The van der Waals surface area contributed by atoms with Gasteiger partial charge in [-0.3, -0.25) is 14.4 Å². The van der Waals surface area contributed by atoms with Crippen molar-refractivity contribution in [2.75, 3.05) is 11.9 Å². The van der Waals surface area contributed by atoms with E-state index in [1.165, 1.54) is 4.68 Å². The summed E-state index contributed by atoms with van der Waals surface area (Å²) in [4.78, 5) is 36.4. The van der Waals surface area contributed by atoms with E-state index in [0.29, 0.717) is 34.3 Å². The molecule has 0 saturated carbocycles. The van der Waals surface area contributed by atoms with Gasteiger partial charge in [-0.25, -0.2) is 4.68 Å². The highest BCUT2D eigenvalue weighted by Crippen LogP contribution is 2.15. The molecule has 1 aromatic heterocycles. The highest BCUT2D eigenvalue weighted by molar-refractivity contribution is 5.97. The lowest BCUT2D eigenvalue weighted by Gasteiger charge is -2.09. The van der Waals surface area contributed by atoms with E-state index in [-0.39, 0.29) is 23.8 Å². The summed E-state index contributed by atoms with van der Waals surface area (Å²) in [5.74, 6) is -0.409. The molecule has 3 rings (SSSR count). The molecule has 0 unspecified atom stereocenters. The lowest BCUT2D eigenvalue weighted by atomic mass is 10.1. The summed E-state index contributed by atoms with van der Waals surface area (Å²) >= 11 is 0. The quantitative estimate of drug-likeness (QED) is 0.723. The second kappa shape index (κ2) is 7.82. The molecule has 0 radical (unpaired) electrons. The van der Waals surface area contributed by atoms with Crippen LogP contribution in [0.4, 0.5) is 5.69 Å². The Labute approximate surface area is 156 Å². The van der Waals surface area contributed by atoms with Gasteiger partial charge in [-0.05, 0) is 37.3 Å². The first kappa shape index (κ1) is 18.3. The first-order valence-electron chi connectivity index (χ1n) is 8.62. The van der Waals surface area contributed by atoms with Gasteiger partial charge in [0.1, 0.15) is 0 Å². The molecule has 0 aliphatic carbocycles. The third-order valence-electron chi connectivity index (χ3n) is 4.13. The number of benzene rings is 2. The molecule has 1 heterocycles. The zero-order valence-corrected chi connectivity index (χ0v) is 15.2. The number of nitrogens with one attached hydrogen (secondary N) is 2. The van der Waals surface area contributed by atoms with Gasteiger partial charge in [0.15, 0.2) is 0 Å². The summed E-state index contributed by atoms with van der Waals surface area (Å²) in [5.41, 5.74) is 1.45. The third-order valence-corrected chi connectivity index (χ3v) is 4.13. The van der Waals surface area contributed by atoms with Crippen molar-refractivity contribution >= 4 is 28.3 Å². The predicted molar refractivity (Wildman–Crippen MR) is 104 cm³/mol. The molecular formula is C20H20N4O3. The summed E-state index contributed by atoms with van der Waals surface area (Å²) < 4.78 is 1.24. The van der Waals surface area contributed by atoms with Crippen LogP contribution in [0.1, 0.15) is 23.0 Å². The first-order chi connectivity index (χ1) is 13.0. The first-order valence-corrected chi connectivity index (χ1v) is 8.62. The molecular weight excluding hydrogens is 344 g/mol. The minimum absolute atomic E-state index is 0.0344. The fourth-order valence-electron chi connectivity index (χ4n) is 2.83. The van der Waals surface area contributed by atoms with Crippen LogP contribution in [0.3, 0.4) is 0 Å². The highest BCUT2D eigenvalue weighted by Gasteiger charge is 2.13. The van der Waals surface area contributed by atoms with E-state index >= 15 is 0 Å². The molecule has 2 aromatic carbocycles. The molecule has 2 amide bonds. The molecule has 2 N–H and O–H groups in total. The van der Waals surface area contributed by atoms with Crippen molar-refractivity contribution in [3.05, 3.63) is 70.1 Å². The summed E-state index contributed by atoms with van der Waals surface area (Å²) in [6.45, 7) is 2.40. The predicted octanol–water partition coefficient (Wildman–Crippen LogP) is 1.86. The molecule has 0 bridgehead atoms. The number of rotatable bonds is 5. The Morgan fingerprint density at radius 3 is 2.37 bits per heavy atom. The van der Waals surface area contributed by atoms with Gasteiger partial charge in [-0.1, -0.05) is 18.2 Å². The van der Waals surface area contributed by atoms with Gasteiger partial charge in [0.25, 0.3) is 11.5 Å². The van der Waals surface area contributed by atoms with Crippen LogP contribution in [-0.4, -0.2) is 28.1 Å². The SMILES string of the molecule is CCNC(=O)c1ccc(NC(=O)Cc2nn(C)c(=O)c3ccccc23)cc1. The van der Waals surface area contributed by atoms with Crippen LogP contribution in [0.5, 0.6) is 0 Å². The number of anilines is 1. The summed E-state index contributed by atoms with van der Waals surface area (Å²) in [6.07, 6.45) is 0.0344. The van der Waals surface area contributed by atoms with Crippen molar-refractivity contribution in [1.29, 1.82) is 0 Å². The van der Waals surface area contributed by atoms with Crippen LogP contribution in [0.25, 0.3) is 10.8 Å². The Hall–Kier alpha value is -3.48. The van der Waals surface area contributed by atoms with E-state index in [9.17, 15) is 14.4 Å². The second-order valence-electron chi connectivity index (χ2n) is 6.08. The fourth-order valence-corrected chi connectivity index (χ4v) is 2.83. The van der Waals surface area contributed by atoms with Crippen LogP contribution in [0.15, 0.2) is 53.3 Å². The van der Waals surface area contributed by atoms with Crippen LogP contribution in [-0.2, 0) is 18.3 Å². The topological polar surface area (TPSA) is 93.1 Å². The molecule has 0 saturated heterocycles. The molecule has 0 aliphatic heterocycles. The molecule has 0 aliphatic rings. The maximum absolute atomic E-state index is 12.4. The largest absolute Gasteiger partial charge is 0.352 e. The Balaban J connectivity index is 1.77. The fraction of sp³-hybridized carbons (Fsp3) is 0.200. The Morgan fingerprint density at radius 2 is 1.70 bits per heavy atom. The maximum atomic E-state index is 12.4. The van der Waals surface area contributed by atoms with Crippen LogP contribution in [0, 0.1) is 0 Å².